The number of fused-ring (bicyclic) bond motifs is 2. The first-order chi connectivity index (χ1) is 16.1. The molecule has 5 rings (SSSR count). The number of rotatable bonds is 5. The van der Waals surface area contributed by atoms with Crippen LogP contribution in [0.25, 0.3) is 22.0 Å². The van der Waals surface area contributed by atoms with Crippen molar-refractivity contribution < 1.29 is 14.2 Å². The molecular formula is C26H25N3O4. The molecule has 2 heterocycles. The third-order valence-corrected chi connectivity index (χ3v) is 6.17. The highest BCUT2D eigenvalue weighted by Crippen LogP contribution is 2.34. The minimum Gasteiger partial charge on any atom is -0.497 e. The summed E-state index contributed by atoms with van der Waals surface area (Å²) in [5, 5.41) is 0.465. The van der Waals surface area contributed by atoms with Crippen LogP contribution < -0.4 is 24.7 Å². The molecule has 0 saturated heterocycles. The van der Waals surface area contributed by atoms with Gasteiger partial charge in [-0.2, -0.15) is 0 Å². The van der Waals surface area contributed by atoms with Crippen LogP contribution in [-0.4, -0.2) is 37.8 Å². The Morgan fingerprint density at radius 1 is 0.939 bits per heavy atom. The minimum absolute atomic E-state index is 0.204. The summed E-state index contributed by atoms with van der Waals surface area (Å²) >= 11 is 0. The van der Waals surface area contributed by atoms with E-state index in [0.29, 0.717) is 34.9 Å². The van der Waals surface area contributed by atoms with Crippen molar-refractivity contribution in [2.45, 2.75) is 13.0 Å². The molecule has 7 nitrogen and oxygen atoms in total. The van der Waals surface area contributed by atoms with Crippen molar-refractivity contribution in [3.63, 3.8) is 0 Å². The van der Waals surface area contributed by atoms with Crippen LogP contribution in [0.15, 0.2) is 59.4 Å². The Morgan fingerprint density at radius 2 is 1.70 bits per heavy atom. The SMILES string of the molecule is COc1ccc(-c2cccc3c2CN(c2nc4cc(OC)c(OC)cc4c(=O)[nH]2)CC3)cc1. The van der Waals surface area contributed by atoms with Gasteiger partial charge in [-0.3, -0.25) is 9.78 Å². The molecule has 1 aliphatic rings. The average molecular weight is 444 g/mol. The Balaban J connectivity index is 1.54. The quantitative estimate of drug-likeness (QED) is 0.499. The van der Waals surface area contributed by atoms with Crippen LogP contribution in [0.5, 0.6) is 17.2 Å². The Bertz CT molecular complexity index is 1380. The van der Waals surface area contributed by atoms with Crippen molar-refractivity contribution >= 4 is 16.9 Å². The molecule has 0 atom stereocenters. The van der Waals surface area contributed by atoms with E-state index < -0.39 is 0 Å². The summed E-state index contributed by atoms with van der Waals surface area (Å²) < 4.78 is 16.0. The Hall–Kier alpha value is -4.00. The van der Waals surface area contributed by atoms with Crippen LogP contribution >= 0.6 is 0 Å². The summed E-state index contributed by atoms with van der Waals surface area (Å²) in [7, 11) is 4.78. The smallest absolute Gasteiger partial charge is 0.260 e. The number of hydrogen-bond acceptors (Lipinski definition) is 6. The summed E-state index contributed by atoms with van der Waals surface area (Å²) in [6, 6.07) is 17.9. The topological polar surface area (TPSA) is 76.7 Å². The molecule has 4 aromatic rings. The highest BCUT2D eigenvalue weighted by Gasteiger charge is 2.22. The van der Waals surface area contributed by atoms with Crippen molar-refractivity contribution in [2.75, 3.05) is 32.8 Å². The Labute approximate surface area is 191 Å². The maximum absolute atomic E-state index is 12.9. The zero-order chi connectivity index (χ0) is 22.9. The van der Waals surface area contributed by atoms with Gasteiger partial charge in [-0.25, -0.2) is 4.98 Å². The summed E-state index contributed by atoms with van der Waals surface area (Å²) in [6.45, 7) is 1.42. The van der Waals surface area contributed by atoms with Gasteiger partial charge in [0.05, 0.1) is 32.2 Å². The van der Waals surface area contributed by atoms with Gasteiger partial charge in [0.1, 0.15) is 5.75 Å². The second-order valence-corrected chi connectivity index (χ2v) is 7.96. The highest BCUT2D eigenvalue weighted by molar-refractivity contribution is 5.83. The third kappa shape index (κ3) is 3.75. The highest BCUT2D eigenvalue weighted by atomic mass is 16.5. The minimum atomic E-state index is -0.204. The maximum Gasteiger partial charge on any atom is 0.260 e. The number of nitrogens with zero attached hydrogens (tertiary/aromatic N) is 2. The lowest BCUT2D eigenvalue weighted by Crippen LogP contribution is -2.33. The fraction of sp³-hybridized carbons (Fsp3) is 0.231. The van der Waals surface area contributed by atoms with E-state index in [9.17, 15) is 4.79 Å². The van der Waals surface area contributed by atoms with Crippen LogP contribution in [0.1, 0.15) is 11.1 Å². The van der Waals surface area contributed by atoms with E-state index in [2.05, 4.69) is 40.2 Å². The maximum atomic E-state index is 12.9. The molecular weight excluding hydrogens is 418 g/mol. The lowest BCUT2D eigenvalue weighted by molar-refractivity contribution is 0.355. The molecule has 0 radical (unpaired) electrons. The number of aromatic nitrogens is 2. The van der Waals surface area contributed by atoms with Gasteiger partial charge in [0.25, 0.3) is 5.56 Å². The summed E-state index contributed by atoms with van der Waals surface area (Å²) in [5.74, 6) is 2.42. The van der Waals surface area contributed by atoms with E-state index in [0.717, 1.165) is 24.3 Å². The first-order valence-electron chi connectivity index (χ1n) is 10.8. The predicted molar refractivity (Wildman–Crippen MR) is 129 cm³/mol. The molecule has 7 heteroatoms. The number of methoxy groups -OCH3 is 3. The molecule has 0 aliphatic carbocycles. The van der Waals surface area contributed by atoms with Gasteiger partial charge in [0.2, 0.25) is 5.95 Å². The number of nitrogens with one attached hydrogen (secondary N) is 1. The van der Waals surface area contributed by atoms with Gasteiger partial charge in [-0.15, -0.1) is 0 Å². The summed E-state index contributed by atoms with van der Waals surface area (Å²) in [6.07, 6.45) is 0.868. The van der Waals surface area contributed by atoms with Gasteiger partial charge >= 0.3 is 0 Å². The second-order valence-electron chi connectivity index (χ2n) is 7.96. The molecule has 0 unspecified atom stereocenters. The molecule has 1 aromatic heterocycles. The number of hydrogen-bond donors (Lipinski definition) is 1. The normalized spacial score (nSPS) is 13.0. The van der Waals surface area contributed by atoms with Gasteiger partial charge in [-0.1, -0.05) is 30.3 Å². The fourth-order valence-corrected chi connectivity index (χ4v) is 4.41. The predicted octanol–water partition coefficient (Wildman–Crippen LogP) is 4.18. The van der Waals surface area contributed by atoms with Crippen LogP contribution in [-0.2, 0) is 13.0 Å². The monoisotopic (exact) mass is 443 g/mol. The molecule has 0 fully saturated rings. The van der Waals surface area contributed by atoms with E-state index in [-0.39, 0.29) is 5.56 Å². The lowest BCUT2D eigenvalue weighted by Gasteiger charge is -2.31. The van der Waals surface area contributed by atoms with Crippen LogP contribution in [0.3, 0.4) is 0 Å². The Morgan fingerprint density at radius 3 is 2.42 bits per heavy atom. The number of ether oxygens (including phenoxy) is 3. The van der Waals surface area contributed by atoms with Gasteiger partial charge < -0.3 is 19.1 Å². The lowest BCUT2D eigenvalue weighted by atomic mass is 9.91. The number of H-pyrrole nitrogens is 1. The molecule has 0 bridgehead atoms. The summed E-state index contributed by atoms with van der Waals surface area (Å²) in [4.78, 5) is 22.7. The second kappa shape index (κ2) is 8.50. The van der Waals surface area contributed by atoms with Crippen molar-refractivity contribution in [2.24, 2.45) is 0 Å². The van der Waals surface area contributed by atoms with E-state index in [1.54, 1.807) is 33.5 Å². The molecule has 0 spiro atoms. The molecule has 1 aliphatic heterocycles. The van der Waals surface area contributed by atoms with E-state index in [1.807, 2.05) is 12.1 Å². The van der Waals surface area contributed by atoms with Crippen LogP contribution in [0, 0.1) is 0 Å². The molecule has 1 N–H and O–H groups in total. The van der Waals surface area contributed by atoms with E-state index >= 15 is 0 Å². The van der Waals surface area contributed by atoms with Crippen molar-refractivity contribution in [1.29, 1.82) is 0 Å². The van der Waals surface area contributed by atoms with Crippen molar-refractivity contribution in [1.82, 2.24) is 9.97 Å². The van der Waals surface area contributed by atoms with Crippen LogP contribution in [0.2, 0.25) is 0 Å². The molecule has 3 aromatic carbocycles. The number of benzene rings is 3. The fourth-order valence-electron chi connectivity index (χ4n) is 4.41. The van der Waals surface area contributed by atoms with Gasteiger partial charge in [-0.05, 0) is 46.9 Å². The number of aromatic amines is 1. The first kappa shape index (κ1) is 20.9. The average Bonchev–Trinajstić information content (AvgIpc) is 2.87. The Kier molecular flexibility index (Phi) is 5.38. The number of anilines is 1. The van der Waals surface area contributed by atoms with Gasteiger partial charge in [0.15, 0.2) is 11.5 Å². The van der Waals surface area contributed by atoms with E-state index in [1.165, 1.54) is 16.7 Å². The largest absolute Gasteiger partial charge is 0.497 e. The molecule has 33 heavy (non-hydrogen) atoms. The zero-order valence-corrected chi connectivity index (χ0v) is 18.8. The van der Waals surface area contributed by atoms with Crippen molar-refractivity contribution in [3.8, 4) is 28.4 Å². The molecule has 168 valence electrons. The van der Waals surface area contributed by atoms with Gasteiger partial charge in [0, 0.05) is 19.2 Å². The first-order valence-corrected chi connectivity index (χ1v) is 10.8. The third-order valence-electron chi connectivity index (χ3n) is 6.17. The molecule has 0 saturated carbocycles. The van der Waals surface area contributed by atoms with E-state index in [4.69, 9.17) is 19.2 Å². The van der Waals surface area contributed by atoms with Crippen LogP contribution in [0.4, 0.5) is 5.95 Å². The summed E-state index contributed by atoms with van der Waals surface area (Å²) in [5.41, 5.74) is 5.23. The standard InChI is InChI=1S/C26H25N3O4/c1-31-18-9-7-17(8-10-18)19-6-4-5-16-11-12-29(15-21(16)19)26-27-22-14-24(33-3)23(32-2)13-20(22)25(30)28-26/h4-10,13-14H,11-12,15H2,1-3H3,(H,27,28,30). The zero-order valence-electron chi connectivity index (χ0n) is 18.8. The van der Waals surface area contributed by atoms with Crippen molar-refractivity contribution in [3.05, 3.63) is 76.1 Å². The molecule has 0 amide bonds.